The van der Waals surface area contributed by atoms with E-state index in [2.05, 4.69) is 10.5 Å². The molecule has 1 aromatic heterocycles. The van der Waals surface area contributed by atoms with E-state index < -0.39 is 24.2 Å². The van der Waals surface area contributed by atoms with Crippen molar-refractivity contribution in [2.24, 2.45) is 0 Å². The number of aromatic nitrogens is 1. The van der Waals surface area contributed by atoms with Crippen molar-refractivity contribution >= 4 is 11.8 Å². The molecule has 6 nitrogen and oxygen atoms in total. The fraction of sp³-hybridized carbons (Fsp3) is 0.667. The predicted molar refractivity (Wildman–Crippen MR) is 78.3 cm³/mol. The van der Waals surface area contributed by atoms with Gasteiger partial charge in [-0.1, -0.05) is 19.0 Å². The molecule has 0 unspecified atom stereocenters. The van der Waals surface area contributed by atoms with E-state index in [0.717, 1.165) is 4.90 Å². The van der Waals surface area contributed by atoms with E-state index in [1.807, 2.05) is 13.8 Å². The highest BCUT2D eigenvalue weighted by Crippen LogP contribution is 2.33. The van der Waals surface area contributed by atoms with Crippen molar-refractivity contribution in [3.05, 3.63) is 17.5 Å². The smallest absolute Gasteiger partial charge is 0.360 e. The Bertz CT molecular complexity index is 613. The summed E-state index contributed by atoms with van der Waals surface area (Å²) in [6, 6.07) is -1.04. The second kappa shape index (κ2) is 6.82. The van der Waals surface area contributed by atoms with Crippen LogP contribution in [0.15, 0.2) is 10.6 Å². The molecule has 1 aliphatic rings. The molecule has 134 valence electrons. The standard InChI is InChI=1S/C15H20F3N3O3/c1-8(2)12-6-11(20-24-12)14(23)21-7-10(19-9(3)22)4-5-13(21)15(16,17)18/h6,8,10,13H,4-5,7H2,1-3H3,(H,19,22)/t10-,13-/m0/s1. The van der Waals surface area contributed by atoms with Gasteiger partial charge in [-0.15, -0.1) is 0 Å². The summed E-state index contributed by atoms with van der Waals surface area (Å²) in [6.45, 7) is 4.71. The first-order valence-electron chi connectivity index (χ1n) is 7.71. The molecule has 1 fully saturated rings. The van der Waals surface area contributed by atoms with E-state index in [1.54, 1.807) is 0 Å². The van der Waals surface area contributed by atoms with Crippen LogP contribution in [0.2, 0.25) is 0 Å². The summed E-state index contributed by atoms with van der Waals surface area (Å²) in [7, 11) is 0. The zero-order chi connectivity index (χ0) is 18.1. The summed E-state index contributed by atoms with van der Waals surface area (Å²) in [5.74, 6) is -0.798. The zero-order valence-electron chi connectivity index (χ0n) is 13.7. The minimum atomic E-state index is -4.54. The van der Waals surface area contributed by atoms with Crippen LogP contribution in [0.25, 0.3) is 0 Å². The van der Waals surface area contributed by atoms with E-state index in [0.29, 0.717) is 5.76 Å². The maximum Gasteiger partial charge on any atom is 0.408 e. The molecule has 0 spiro atoms. The second-order valence-corrected chi connectivity index (χ2v) is 6.26. The van der Waals surface area contributed by atoms with Crippen LogP contribution in [0.1, 0.15) is 55.8 Å². The average molecular weight is 347 g/mol. The van der Waals surface area contributed by atoms with Gasteiger partial charge in [-0.2, -0.15) is 13.2 Å². The molecule has 2 rings (SSSR count). The molecule has 0 saturated carbocycles. The molecule has 0 radical (unpaired) electrons. The summed E-state index contributed by atoms with van der Waals surface area (Å²) in [4.78, 5) is 24.4. The third-order valence-corrected chi connectivity index (χ3v) is 3.94. The van der Waals surface area contributed by atoms with E-state index >= 15 is 0 Å². The van der Waals surface area contributed by atoms with Crippen molar-refractivity contribution in [1.82, 2.24) is 15.4 Å². The van der Waals surface area contributed by atoms with Gasteiger partial charge in [0.2, 0.25) is 5.91 Å². The van der Waals surface area contributed by atoms with Gasteiger partial charge in [-0.3, -0.25) is 9.59 Å². The maximum absolute atomic E-state index is 13.3. The van der Waals surface area contributed by atoms with Crippen LogP contribution in [0.4, 0.5) is 13.2 Å². The number of hydrogen-bond acceptors (Lipinski definition) is 4. The highest BCUT2D eigenvalue weighted by atomic mass is 19.4. The summed E-state index contributed by atoms with van der Waals surface area (Å²) >= 11 is 0. The highest BCUT2D eigenvalue weighted by Gasteiger charge is 2.48. The van der Waals surface area contributed by atoms with Gasteiger partial charge >= 0.3 is 6.18 Å². The Balaban J connectivity index is 2.24. The van der Waals surface area contributed by atoms with E-state index in [1.165, 1.54) is 13.0 Å². The summed E-state index contributed by atoms with van der Waals surface area (Å²) in [6.07, 6.45) is -4.65. The number of nitrogens with one attached hydrogen (secondary N) is 1. The van der Waals surface area contributed by atoms with Crippen molar-refractivity contribution < 1.29 is 27.3 Å². The lowest BCUT2D eigenvalue weighted by molar-refractivity contribution is -0.184. The number of carbonyl (C=O) groups is 2. The quantitative estimate of drug-likeness (QED) is 0.911. The number of hydrogen-bond donors (Lipinski definition) is 1. The third-order valence-electron chi connectivity index (χ3n) is 3.94. The van der Waals surface area contributed by atoms with E-state index in [4.69, 9.17) is 4.52 Å². The van der Waals surface area contributed by atoms with Crippen molar-refractivity contribution in [3.63, 3.8) is 0 Å². The van der Waals surface area contributed by atoms with Crippen LogP contribution < -0.4 is 5.32 Å². The molecule has 2 atom stereocenters. The Morgan fingerprint density at radius 2 is 2.04 bits per heavy atom. The lowest BCUT2D eigenvalue weighted by atomic mass is 9.97. The van der Waals surface area contributed by atoms with Gasteiger partial charge in [-0.05, 0) is 12.8 Å². The minimum Gasteiger partial charge on any atom is -0.360 e. The molecule has 1 N–H and O–H groups in total. The largest absolute Gasteiger partial charge is 0.408 e. The van der Waals surface area contributed by atoms with E-state index in [-0.39, 0.29) is 36.9 Å². The molecule has 9 heteroatoms. The topological polar surface area (TPSA) is 75.4 Å². The first-order chi connectivity index (χ1) is 11.1. The predicted octanol–water partition coefficient (Wildman–Crippen LogP) is 2.47. The van der Waals surface area contributed by atoms with Gasteiger partial charge < -0.3 is 14.7 Å². The third kappa shape index (κ3) is 4.07. The SMILES string of the molecule is CC(=O)N[C@H]1CC[C@@H](C(F)(F)F)N(C(=O)c2cc(C(C)C)on2)C1. The number of likely N-dealkylation sites (tertiary alicyclic amines) is 1. The normalized spacial score (nSPS) is 21.9. The van der Waals surface area contributed by atoms with Crippen molar-refractivity contribution in [2.45, 2.75) is 57.8 Å². The van der Waals surface area contributed by atoms with Crippen LogP contribution in [0.5, 0.6) is 0 Å². The molecule has 0 aliphatic carbocycles. The van der Waals surface area contributed by atoms with Crippen LogP contribution in [0.3, 0.4) is 0 Å². The van der Waals surface area contributed by atoms with Crippen LogP contribution in [0, 0.1) is 0 Å². The van der Waals surface area contributed by atoms with Gasteiger partial charge in [-0.25, -0.2) is 0 Å². The Morgan fingerprint density at radius 3 is 2.54 bits per heavy atom. The van der Waals surface area contributed by atoms with Crippen molar-refractivity contribution in [2.75, 3.05) is 6.54 Å². The number of carbonyl (C=O) groups excluding carboxylic acids is 2. The molecule has 1 saturated heterocycles. The van der Waals surface area contributed by atoms with Gasteiger partial charge in [0.05, 0.1) is 0 Å². The highest BCUT2D eigenvalue weighted by molar-refractivity contribution is 5.92. The molecule has 1 aliphatic heterocycles. The number of alkyl halides is 3. The van der Waals surface area contributed by atoms with Crippen LogP contribution in [-0.2, 0) is 4.79 Å². The number of rotatable bonds is 3. The second-order valence-electron chi connectivity index (χ2n) is 6.26. The molecule has 0 aromatic carbocycles. The minimum absolute atomic E-state index is 0.0362. The van der Waals surface area contributed by atoms with Gasteiger partial charge in [0.15, 0.2) is 5.69 Å². The molecule has 1 aromatic rings. The zero-order valence-corrected chi connectivity index (χ0v) is 13.7. The molecular weight excluding hydrogens is 327 g/mol. The Morgan fingerprint density at radius 1 is 1.38 bits per heavy atom. The van der Waals surface area contributed by atoms with Gasteiger partial charge in [0, 0.05) is 31.5 Å². The first kappa shape index (κ1) is 18.3. The van der Waals surface area contributed by atoms with Crippen molar-refractivity contribution in [3.8, 4) is 0 Å². The molecular formula is C15H20F3N3O3. The van der Waals surface area contributed by atoms with E-state index in [9.17, 15) is 22.8 Å². The summed E-state index contributed by atoms with van der Waals surface area (Å²) in [5, 5.41) is 6.16. The monoisotopic (exact) mass is 347 g/mol. The Labute approximate surface area is 137 Å². The number of nitrogens with zero attached hydrogens (tertiary/aromatic N) is 2. The van der Waals surface area contributed by atoms with Crippen molar-refractivity contribution in [1.29, 1.82) is 0 Å². The fourth-order valence-corrected chi connectivity index (χ4v) is 2.75. The maximum atomic E-state index is 13.3. The van der Waals surface area contributed by atoms with Crippen LogP contribution in [-0.4, -0.2) is 46.7 Å². The molecule has 24 heavy (non-hydrogen) atoms. The lowest BCUT2D eigenvalue weighted by Crippen LogP contribution is -2.58. The lowest BCUT2D eigenvalue weighted by Gasteiger charge is -2.40. The van der Waals surface area contributed by atoms with Crippen LogP contribution >= 0.6 is 0 Å². The molecule has 2 heterocycles. The molecule has 2 amide bonds. The number of halogens is 3. The molecule has 0 bridgehead atoms. The number of piperidine rings is 1. The Hall–Kier alpha value is -2.06. The summed E-state index contributed by atoms with van der Waals surface area (Å²) in [5.41, 5.74) is -0.156. The van der Waals surface area contributed by atoms with Gasteiger partial charge in [0.25, 0.3) is 5.91 Å². The average Bonchev–Trinajstić information content (AvgIpc) is 2.94. The summed E-state index contributed by atoms with van der Waals surface area (Å²) < 4.78 is 44.8. The number of amides is 2. The fourth-order valence-electron chi connectivity index (χ4n) is 2.75. The van der Waals surface area contributed by atoms with Gasteiger partial charge in [0.1, 0.15) is 11.8 Å². The first-order valence-corrected chi connectivity index (χ1v) is 7.71. The Kier molecular flexibility index (Phi) is 5.19.